The monoisotopic (exact) mass is 370 g/mol. The number of benzene rings is 2. The number of carbonyl (C=O) groups is 1. The van der Waals surface area contributed by atoms with Gasteiger partial charge in [0, 0.05) is 12.0 Å². The van der Waals surface area contributed by atoms with Crippen molar-refractivity contribution in [3.8, 4) is 0 Å². The van der Waals surface area contributed by atoms with Crippen molar-refractivity contribution >= 4 is 17.5 Å². The molecule has 2 atom stereocenters. The van der Waals surface area contributed by atoms with E-state index in [-0.39, 0.29) is 17.5 Å². The van der Waals surface area contributed by atoms with Crippen molar-refractivity contribution in [2.75, 3.05) is 0 Å². The SMILES string of the molecule is CC(Sc1nnc(CC(C)c2ccccc2)o1)C(=O)c1ccc(F)cc1. The maximum atomic E-state index is 13.0. The molecule has 0 fully saturated rings. The van der Waals surface area contributed by atoms with E-state index in [4.69, 9.17) is 4.42 Å². The number of ketones is 1. The molecule has 0 radical (unpaired) electrons. The van der Waals surface area contributed by atoms with Crippen molar-refractivity contribution in [2.45, 2.75) is 36.7 Å². The van der Waals surface area contributed by atoms with Crippen molar-refractivity contribution < 1.29 is 13.6 Å². The van der Waals surface area contributed by atoms with Crippen molar-refractivity contribution in [1.82, 2.24) is 10.2 Å². The molecule has 6 heteroatoms. The number of thioether (sulfide) groups is 1. The van der Waals surface area contributed by atoms with Crippen LogP contribution in [-0.2, 0) is 6.42 Å². The lowest BCUT2D eigenvalue weighted by Gasteiger charge is -2.09. The van der Waals surface area contributed by atoms with Gasteiger partial charge < -0.3 is 4.42 Å². The molecule has 1 aromatic heterocycles. The zero-order valence-corrected chi connectivity index (χ0v) is 15.4. The summed E-state index contributed by atoms with van der Waals surface area (Å²) in [6.45, 7) is 3.87. The van der Waals surface area contributed by atoms with Crippen LogP contribution < -0.4 is 0 Å². The predicted octanol–water partition coefficient (Wildman–Crippen LogP) is 4.92. The maximum absolute atomic E-state index is 13.0. The Morgan fingerprint density at radius 3 is 2.46 bits per heavy atom. The summed E-state index contributed by atoms with van der Waals surface area (Å²) in [5, 5.41) is 8.07. The van der Waals surface area contributed by atoms with Crippen molar-refractivity contribution in [3.05, 3.63) is 77.4 Å². The summed E-state index contributed by atoms with van der Waals surface area (Å²) in [7, 11) is 0. The Bertz CT molecular complexity index is 865. The molecule has 134 valence electrons. The lowest BCUT2D eigenvalue weighted by Crippen LogP contribution is -2.13. The highest BCUT2D eigenvalue weighted by Crippen LogP contribution is 2.26. The van der Waals surface area contributed by atoms with Gasteiger partial charge in [-0.25, -0.2) is 4.39 Å². The van der Waals surface area contributed by atoms with Gasteiger partial charge in [0.05, 0.1) is 5.25 Å². The van der Waals surface area contributed by atoms with Gasteiger partial charge >= 0.3 is 0 Å². The smallest absolute Gasteiger partial charge is 0.277 e. The van der Waals surface area contributed by atoms with E-state index in [2.05, 4.69) is 29.3 Å². The van der Waals surface area contributed by atoms with Gasteiger partial charge in [-0.1, -0.05) is 49.0 Å². The molecule has 3 rings (SSSR count). The molecule has 0 aliphatic heterocycles. The number of nitrogens with zero attached hydrogens (tertiary/aromatic N) is 2. The molecule has 0 N–H and O–H groups in total. The van der Waals surface area contributed by atoms with E-state index < -0.39 is 5.25 Å². The molecule has 0 aliphatic carbocycles. The minimum atomic E-state index is -0.402. The fourth-order valence-electron chi connectivity index (χ4n) is 2.58. The van der Waals surface area contributed by atoms with E-state index in [0.717, 1.165) is 0 Å². The highest BCUT2D eigenvalue weighted by molar-refractivity contribution is 8.00. The average molecular weight is 370 g/mol. The van der Waals surface area contributed by atoms with Gasteiger partial charge in [-0.3, -0.25) is 4.79 Å². The fourth-order valence-corrected chi connectivity index (χ4v) is 3.36. The molecule has 2 unspecified atom stereocenters. The van der Waals surface area contributed by atoms with Crippen molar-refractivity contribution in [3.63, 3.8) is 0 Å². The number of rotatable bonds is 7. The summed E-state index contributed by atoms with van der Waals surface area (Å²) in [4.78, 5) is 12.4. The highest BCUT2D eigenvalue weighted by atomic mass is 32.2. The first-order valence-electron chi connectivity index (χ1n) is 8.36. The summed E-state index contributed by atoms with van der Waals surface area (Å²) in [5.41, 5.74) is 1.67. The Labute approximate surface area is 155 Å². The first-order chi connectivity index (χ1) is 12.5. The van der Waals surface area contributed by atoms with Crippen LogP contribution in [-0.4, -0.2) is 21.2 Å². The molecule has 4 nitrogen and oxygen atoms in total. The van der Waals surface area contributed by atoms with E-state index in [0.29, 0.717) is 23.1 Å². The summed E-state index contributed by atoms with van der Waals surface area (Å²) in [5.74, 6) is 0.335. The van der Waals surface area contributed by atoms with Gasteiger partial charge in [0.2, 0.25) is 5.89 Å². The lowest BCUT2D eigenvalue weighted by molar-refractivity contribution is 0.0993. The molecule has 26 heavy (non-hydrogen) atoms. The largest absolute Gasteiger partial charge is 0.416 e. The summed E-state index contributed by atoms with van der Waals surface area (Å²) >= 11 is 1.21. The van der Waals surface area contributed by atoms with Crippen LogP contribution in [0.5, 0.6) is 0 Å². The number of hydrogen-bond acceptors (Lipinski definition) is 5. The average Bonchev–Trinajstić information content (AvgIpc) is 3.09. The molecule has 0 aliphatic rings. The predicted molar refractivity (Wildman–Crippen MR) is 98.9 cm³/mol. The Morgan fingerprint density at radius 1 is 1.08 bits per heavy atom. The Morgan fingerprint density at radius 2 is 1.77 bits per heavy atom. The van der Waals surface area contributed by atoms with Crippen LogP contribution in [0.4, 0.5) is 4.39 Å². The third-order valence-corrected chi connectivity index (χ3v) is 5.01. The third-order valence-electron chi connectivity index (χ3n) is 4.07. The minimum absolute atomic E-state index is 0.104. The Balaban J connectivity index is 1.61. The van der Waals surface area contributed by atoms with Crippen molar-refractivity contribution in [1.29, 1.82) is 0 Å². The van der Waals surface area contributed by atoms with Crippen LogP contribution in [0, 0.1) is 5.82 Å². The number of halogens is 1. The molecular weight excluding hydrogens is 351 g/mol. The second-order valence-corrected chi connectivity index (χ2v) is 7.40. The van der Waals surface area contributed by atoms with Gasteiger partial charge in [0.1, 0.15) is 5.82 Å². The second kappa shape index (κ2) is 8.27. The van der Waals surface area contributed by atoms with Crippen LogP contribution in [0.2, 0.25) is 0 Å². The van der Waals surface area contributed by atoms with Crippen LogP contribution in [0.1, 0.15) is 41.6 Å². The molecule has 1 heterocycles. The van der Waals surface area contributed by atoms with Crippen LogP contribution in [0.15, 0.2) is 64.2 Å². The molecule has 3 aromatic rings. The summed E-state index contributed by atoms with van der Waals surface area (Å²) in [6, 6.07) is 15.6. The zero-order chi connectivity index (χ0) is 18.5. The minimum Gasteiger partial charge on any atom is -0.416 e. The molecule has 0 amide bonds. The molecule has 0 bridgehead atoms. The molecule has 0 spiro atoms. The van der Waals surface area contributed by atoms with Gasteiger partial charge in [-0.2, -0.15) is 0 Å². The van der Waals surface area contributed by atoms with E-state index in [1.165, 1.54) is 41.6 Å². The third kappa shape index (κ3) is 4.58. The van der Waals surface area contributed by atoms with Gasteiger partial charge in [0.25, 0.3) is 5.22 Å². The second-order valence-electron chi connectivity index (χ2n) is 6.11. The Hall–Kier alpha value is -2.47. The highest BCUT2D eigenvalue weighted by Gasteiger charge is 2.20. The first-order valence-corrected chi connectivity index (χ1v) is 9.24. The molecule has 2 aromatic carbocycles. The van der Waals surface area contributed by atoms with E-state index in [1.54, 1.807) is 6.92 Å². The summed E-state index contributed by atoms with van der Waals surface area (Å²) in [6.07, 6.45) is 0.637. The normalized spacial score (nSPS) is 13.3. The summed E-state index contributed by atoms with van der Waals surface area (Å²) < 4.78 is 18.7. The quantitative estimate of drug-likeness (QED) is 0.436. The molecular formula is C20H19FN2O2S. The maximum Gasteiger partial charge on any atom is 0.277 e. The number of carbonyl (C=O) groups excluding carboxylic acids is 1. The number of aromatic nitrogens is 2. The first kappa shape index (κ1) is 18.3. The van der Waals surface area contributed by atoms with Crippen molar-refractivity contribution in [2.24, 2.45) is 0 Å². The lowest BCUT2D eigenvalue weighted by atomic mass is 9.98. The number of Topliss-reactive ketones (excluding diaryl/α,β-unsaturated/α-hetero) is 1. The van der Waals surface area contributed by atoms with E-state index >= 15 is 0 Å². The van der Waals surface area contributed by atoms with Gasteiger partial charge in [0.15, 0.2) is 5.78 Å². The fraction of sp³-hybridized carbons (Fsp3) is 0.250. The van der Waals surface area contributed by atoms with Crippen LogP contribution in [0.3, 0.4) is 0 Å². The zero-order valence-electron chi connectivity index (χ0n) is 14.6. The van der Waals surface area contributed by atoms with Gasteiger partial charge in [-0.15, -0.1) is 10.2 Å². The number of hydrogen-bond donors (Lipinski definition) is 0. The van der Waals surface area contributed by atoms with Crippen LogP contribution in [0.25, 0.3) is 0 Å². The van der Waals surface area contributed by atoms with Crippen LogP contribution >= 0.6 is 11.8 Å². The van der Waals surface area contributed by atoms with E-state index in [1.807, 2.05) is 18.2 Å². The standard InChI is InChI=1S/C20H19FN2O2S/c1-13(15-6-4-3-5-7-15)12-18-22-23-20(25-18)26-14(2)19(24)16-8-10-17(21)11-9-16/h3-11,13-14H,12H2,1-2H3. The van der Waals surface area contributed by atoms with E-state index in [9.17, 15) is 9.18 Å². The molecule has 0 saturated carbocycles. The molecule has 0 saturated heterocycles. The topological polar surface area (TPSA) is 56.0 Å². The Kier molecular flexibility index (Phi) is 5.83. The van der Waals surface area contributed by atoms with Gasteiger partial charge in [-0.05, 0) is 42.7 Å².